The van der Waals surface area contributed by atoms with Crippen LogP contribution in [0.2, 0.25) is 5.15 Å². The van der Waals surface area contributed by atoms with Crippen LogP contribution in [0.1, 0.15) is 16.8 Å². The topological polar surface area (TPSA) is 70.6 Å². The number of hydrogen-bond acceptors (Lipinski definition) is 5. The molecule has 1 saturated heterocycles. The predicted octanol–water partition coefficient (Wildman–Crippen LogP) is 0.926. The fourth-order valence-electron chi connectivity index (χ4n) is 2.48. The van der Waals surface area contributed by atoms with Crippen LogP contribution in [0.25, 0.3) is 0 Å². The van der Waals surface area contributed by atoms with Crippen molar-refractivity contribution in [1.29, 1.82) is 0 Å². The third-order valence-corrected chi connectivity index (χ3v) is 5.74. The van der Waals surface area contributed by atoms with Crippen LogP contribution in [0, 0.1) is 0 Å². The van der Waals surface area contributed by atoms with Crippen LogP contribution in [0.3, 0.4) is 0 Å². The summed E-state index contributed by atoms with van der Waals surface area (Å²) in [6.45, 7) is 1.11. The molecule has 0 spiro atoms. The minimum Gasteiger partial charge on any atom is -0.333 e. The molecule has 2 rings (SSSR count). The Morgan fingerprint density at radius 3 is 2.68 bits per heavy atom. The van der Waals surface area contributed by atoms with Gasteiger partial charge in [0.1, 0.15) is 5.15 Å². The first-order chi connectivity index (χ1) is 10.3. The van der Waals surface area contributed by atoms with Crippen molar-refractivity contribution in [3.05, 3.63) is 29.0 Å². The lowest BCUT2D eigenvalue weighted by atomic mass is 10.1. The average molecular weight is 346 g/mol. The van der Waals surface area contributed by atoms with E-state index in [1.807, 2.05) is 19.0 Å². The van der Waals surface area contributed by atoms with Crippen LogP contribution in [-0.4, -0.2) is 73.8 Å². The molecule has 1 amide bonds. The molecule has 1 atom stereocenters. The summed E-state index contributed by atoms with van der Waals surface area (Å²) in [5.41, 5.74) is 0.312. The van der Waals surface area contributed by atoms with E-state index >= 15 is 0 Å². The van der Waals surface area contributed by atoms with E-state index in [1.165, 1.54) is 6.20 Å². The first-order valence-electron chi connectivity index (χ1n) is 7.07. The third kappa shape index (κ3) is 4.18. The normalized spacial score (nSPS) is 20.3. The fraction of sp³-hybridized carbons (Fsp3) is 0.571. The zero-order valence-corrected chi connectivity index (χ0v) is 14.3. The molecule has 0 bridgehead atoms. The van der Waals surface area contributed by atoms with Gasteiger partial charge in [0.05, 0.1) is 17.1 Å². The Hall–Kier alpha value is -1.18. The molecule has 22 heavy (non-hydrogen) atoms. The first kappa shape index (κ1) is 17.2. The van der Waals surface area contributed by atoms with Crippen molar-refractivity contribution in [2.75, 3.05) is 38.7 Å². The third-order valence-electron chi connectivity index (χ3n) is 3.69. The summed E-state index contributed by atoms with van der Waals surface area (Å²) in [5, 5.41) is 0.142. The van der Waals surface area contributed by atoms with E-state index in [0.29, 0.717) is 25.1 Å². The van der Waals surface area contributed by atoms with Crippen LogP contribution in [0.4, 0.5) is 0 Å². The first-order valence-corrected chi connectivity index (χ1v) is 9.27. The van der Waals surface area contributed by atoms with Crippen molar-refractivity contribution in [3.8, 4) is 0 Å². The van der Waals surface area contributed by atoms with Gasteiger partial charge in [0, 0.05) is 25.3 Å². The lowest BCUT2D eigenvalue weighted by Crippen LogP contribution is -2.44. The molecule has 0 saturated carbocycles. The summed E-state index contributed by atoms with van der Waals surface area (Å²) < 4.78 is 23.4. The van der Waals surface area contributed by atoms with Gasteiger partial charge in [-0.15, -0.1) is 0 Å². The number of nitrogens with zero attached hydrogens (tertiary/aromatic N) is 3. The van der Waals surface area contributed by atoms with Crippen molar-refractivity contribution in [1.82, 2.24) is 14.8 Å². The number of aromatic nitrogens is 1. The molecule has 1 aromatic rings. The van der Waals surface area contributed by atoms with Crippen LogP contribution in [-0.2, 0) is 9.84 Å². The van der Waals surface area contributed by atoms with Gasteiger partial charge in [-0.25, -0.2) is 13.4 Å². The van der Waals surface area contributed by atoms with Crippen LogP contribution in [0.15, 0.2) is 18.3 Å². The molecule has 1 aliphatic rings. The number of amides is 1. The van der Waals surface area contributed by atoms with Crippen LogP contribution in [0.5, 0.6) is 0 Å². The molecule has 0 aliphatic carbocycles. The molecule has 122 valence electrons. The van der Waals surface area contributed by atoms with E-state index in [4.69, 9.17) is 11.6 Å². The number of likely N-dealkylation sites (N-methyl/N-ethyl adjacent to an activating group) is 1. The number of carbonyl (C=O) groups excluding carboxylic acids is 1. The Kier molecular flexibility index (Phi) is 5.41. The van der Waals surface area contributed by atoms with Gasteiger partial charge in [-0.3, -0.25) is 4.79 Å². The molecule has 1 unspecified atom stereocenters. The fourth-order valence-corrected chi connectivity index (χ4v) is 4.41. The minimum absolute atomic E-state index is 0.0179. The van der Waals surface area contributed by atoms with Crippen molar-refractivity contribution in [3.63, 3.8) is 0 Å². The molecule has 0 aromatic carbocycles. The summed E-state index contributed by atoms with van der Waals surface area (Å²) in [6.07, 6.45) is 1.99. The standard InChI is InChI=1S/C14H20ClN3O3S/c1-17(2)7-8-18(11-5-9-22(20,21)10-11)14(19)12-4-3-6-16-13(12)15/h3-4,6,11H,5,7-10H2,1-2H3. The molecule has 0 radical (unpaired) electrons. The van der Waals surface area contributed by atoms with E-state index < -0.39 is 9.84 Å². The van der Waals surface area contributed by atoms with E-state index in [1.54, 1.807) is 17.0 Å². The molecule has 1 fully saturated rings. The monoisotopic (exact) mass is 345 g/mol. The second-order valence-electron chi connectivity index (χ2n) is 5.70. The van der Waals surface area contributed by atoms with Gasteiger partial charge < -0.3 is 9.80 Å². The molecular weight excluding hydrogens is 326 g/mol. The molecule has 1 aliphatic heterocycles. The lowest BCUT2D eigenvalue weighted by Gasteiger charge is -2.29. The summed E-state index contributed by atoms with van der Waals surface area (Å²) in [5.74, 6) is -0.115. The van der Waals surface area contributed by atoms with Crippen LogP contribution >= 0.6 is 11.6 Å². The Bertz CT molecular complexity index is 648. The number of sulfone groups is 1. The highest BCUT2D eigenvalue weighted by molar-refractivity contribution is 7.91. The molecule has 2 heterocycles. The number of hydrogen-bond donors (Lipinski definition) is 0. The van der Waals surface area contributed by atoms with Gasteiger partial charge in [-0.1, -0.05) is 11.6 Å². The highest BCUT2D eigenvalue weighted by Crippen LogP contribution is 2.22. The van der Waals surface area contributed by atoms with Crippen LogP contribution < -0.4 is 0 Å². The molecule has 6 nitrogen and oxygen atoms in total. The van der Waals surface area contributed by atoms with Gasteiger partial charge in [-0.2, -0.15) is 0 Å². The second-order valence-corrected chi connectivity index (χ2v) is 8.29. The maximum Gasteiger partial charge on any atom is 0.257 e. The largest absolute Gasteiger partial charge is 0.333 e. The zero-order valence-electron chi connectivity index (χ0n) is 12.7. The summed E-state index contributed by atoms with van der Waals surface area (Å²) >= 11 is 6.00. The lowest BCUT2D eigenvalue weighted by molar-refractivity contribution is 0.0683. The second kappa shape index (κ2) is 6.93. The van der Waals surface area contributed by atoms with E-state index in [2.05, 4.69) is 4.98 Å². The Balaban J connectivity index is 2.24. The highest BCUT2D eigenvalue weighted by Gasteiger charge is 2.35. The predicted molar refractivity (Wildman–Crippen MR) is 85.9 cm³/mol. The minimum atomic E-state index is -3.06. The van der Waals surface area contributed by atoms with E-state index in [-0.39, 0.29) is 28.6 Å². The smallest absolute Gasteiger partial charge is 0.257 e. The Morgan fingerprint density at radius 1 is 1.41 bits per heavy atom. The number of halogens is 1. The van der Waals surface area contributed by atoms with E-state index in [9.17, 15) is 13.2 Å². The Morgan fingerprint density at radius 2 is 2.14 bits per heavy atom. The van der Waals surface area contributed by atoms with E-state index in [0.717, 1.165) is 0 Å². The van der Waals surface area contributed by atoms with Crippen molar-refractivity contribution in [2.24, 2.45) is 0 Å². The molecule has 1 aromatic heterocycles. The number of pyridine rings is 1. The van der Waals surface area contributed by atoms with Gasteiger partial charge in [0.25, 0.3) is 5.91 Å². The summed E-state index contributed by atoms with van der Waals surface area (Å²) in [7, 11) is 0.755. The number of rotatable bonds is 5. The Labute approximate surface area is 136 Å². The summed E-state index contributed by atoms with van der Waals surface area (Å²) in [4.78, 5) is 20.3. The van der Waals surface area contributed by atoms with Crippen molar-refractivity contribution >= 4 is 27.3 Å². The van der Waals surface area contributed by atoms with Gasteiger partial charge in [-0.05, 0) is 32.6 Å². The maximum atomic E-state index is 12.8. The zero-order chi connectivity index (χ0) is 16.3. The van der Waals surface area contributed by atoms with Gasteiger partial charge >= 0.3 is 0 Å². The molecule has 8 heteroatoms. The molecule has 0 N–H and O–H groups in total. The highest BCUT2D eigenvalue weighted by atomic mass is 35.5. The number of carbonyl (C=O) groups is 1. The SMILES string of the molecule is CN(C)CCN(C(=O)c1cccnc1Cl)C1CCS(=O)(=O)C1. The van der Waals surface area contributed by atoms with Crippen molar-refractivity contribution < 1.29 is 13.2 Å². The quantitative estimate of drug-likeness (QED) is 0.742. The van der Waals surface area contributed by atoms with Crippen molar-refractivity contribution in [2.45, 2.75) is 12.5 Å². The summed E-state index contributed by atoms with van der Waals surface area (Å²) in [6, 6.07) is 2.96. The average Bonchev–Trinajstić information content (AvgIpc) is 2.79. The molecular formula is C14H20ClN3O3S. The van der Waals surface area contributed by atoms with Gasteiger partial charge in [0.2, 0.25) is 0 Å². The maximum absolute atomic E-state index is 12.8. The van der Waals surface area contributed by atoms with Gasteiger partial charge in [0.15, 0.2) is 9.84 Å².